The zero-order valence-electron chi connectivity index (χ0n) is 15.5. The van der Waals surface area contributed by atoms with Crippen molar-refractivity contribution in [1.82, 2.24) is 14.1 Å². The van der Waals surface area contributed by atoms with E-state index < -0.39 is 0 Å². The molecule has 0 aliphatic heterocycles. The van der Waals surface area contributed by atoms with Crippen LogP contribution in [0.5, 0.6) is 5.75 Å². The second-order valence-corrected chi connectivity index (χ2v) is 7.61. The van der Waals surface area contributed by atoms with Crippen LogP contribution in [0.15, 0.2) is 66.7 Å². The van der Waals surface area contributed by atoms with Gasteiger partial charge < -0.3 is 10.1 Å². The number of fused-ring (bicyclic) bond motifs is 1. The van der Waals surface area contributed by atoms with Crippen molar-refractivity contribution >= 4 is 63.3 Å². The van der Waals surface area contributed by atoms with Crippen molar-refractivity contribution in [2.75, 3.05) is 5.32 Å². The number of halogens is 1. The number of hydrogen-bond acceptors (Lipinski definition) is 6. The van der Waals surface area contributed by atoms with Crippen LogP contribution in [0.25, 0.3) is 11.0 Å². The van der Waals surface area contributed by atoms with E-state index in [9.17, 15) is 4.79 Å². The van der Waals surface area contributed by atoms with Gasteiger partial charge in [-0.1, -0.05) is 48.0 Å². The molecular formula is C21H15ClN4O2S2. The van der Waals surface area contributed by atoms with Gasteiger partial charge in [-0.3, -0.25) is 10.1 Å². The standard InChI is InChI=1S/C21H15ClN4O2S2/c22-16-9-10-17-19(26-30-25-17)18(16)23-21(29)24-20(27)14-7-4-8-15(11-14)28-12-13-5-2-1-3-6-13/h1-11H,12H2,(H2,23,24,27,29). The van der Waals surface area contributed by atoms with E-state index in [1.54, 1.807) is 36.4 Å². The summed E-state index contributed by atoms with van der Waals surface area (Å²) in [6.45, 7) is 0.413. The molecule has 0 fully saturated rings. The molecule has 0 radical (unpaired) electrons. The smallest absolute Gasteiger partial charge is 0.257 e. The van der Waals surface area contributed by atoms with Crippen LogP contribution in [0.4, 0.5) is 5.69 Å². The van der Waals surface area contributed by atoms with Crippen molar-refractivity contribution in [3.05, 3.63) is 82.9 Å². The first-order valence-corrected chi connectivity index (χ1v) is 10.4. The van der Waals surface area contributed by atoms with Crippen LogP contribution in [-0.4, -0.2) is 19.8 Å². The fraction of sp³-hybridized carbons (Fsp3) is 0.0476. The van der Waals surface area contributed by atoms with Crippen molar-refractivity contribution in [2.24, 2.45) is 0 Å². The lowest BCUT2D eigenvalue weighted by atomic mass is 10.2. The average molecular weight is 455 g/mol. The van der Waals surface area contributed by atoms with Crippen LogP contribution in [0.1, 0.15) is 15.9 Å². The van der Waals surface area contributed by atoms with Gasteiger partial charge >= 0.3 is 0 Å². The zero-order chi connectivity index (χ0) is 20.9. The van der Waals surface area contributed by atoms with Crippen LogP contribution >= 0.6 is 35.5 Å². The number of nitrogens with zero attached hydrogens (tertiary/aromatic N) is 2. The third-order valence-corrected chi connectivity index (χ3v) is 5.25. The largest absolute Gasteiger partial charge is 0.489 e. The highest BCUT2D eigenvalue weighted by Gasteiger charge is 2.14. The number of aromatic nitrogens is 2. The van der Waals surface area contributed by atoms with Gasteiger partial charge in [0.25, 0.3) is 5.91 Å². The summed E-state index contributed by atoms with van der Waals surface area (Å²) in [5.41, 5.74) is 3.27. The number of thiocarbonyl (C=S) groups is 1. The molecular weight excluding hydrogens is 440 g/mol. The number of hydrogen-bond donors (Lipinski definition) is 2. The Balaban J connectivity index is 1.41. The van der Waals surface area contributed by atoms with E-state index >= 15 is 0 Å². The van der Waals surface area contributed by atoms with Crippen LogP contribution in [0.3, 0.4) is 0 Å². The van der Waals surface area contributed by atoms with Crippen LogP contribution in [-0.2, 0) is 6.61 Å². The summed E-state index contributed by atoms with van der Waals surface area (Å²) in [6.07, 6.45) is 0. The van der Waals surface area contributed by atoms with Gasteiger partial charge in [0.05, 0.1) is 22.4 Å². The number of anilines is 1. The molecule has 0 saturated carbocycles. The van der Waals surface area contributed by atoms with E-state index in [2.05, 4.69) is 19.4 Å². The SMILES string of the molecule is O=C(NC(=S)Nc1c(Cl)ccc2nsnc12)c1cccc(OCc2ccccc2)c1. The second-order valence-electron chi connectivity index (χ2n) is 6.26. The van der Waals surface area contributed by atoms with Gasteiger partial charge in [-0.05, 0) is 48.1 Å². The normalized spacial score (nSPS) is 10.6. The quantitative estimate of drug-likeness (QED) is 0.411. The summed E-state index contributed by atoms with van der Waals surface area (Å²) < 4.78 is 14.2. The second kappa shape index (κ2) is 9.17. The fourth-order valence-corrected chi connectivity index (χ4v) is 3.67. The van der Waals surface area contributed by atoms with E-state index in [0.717, 1.165) is 17.3 Å². The van der Waals surface area contributed by atoms with Crippen molar-refractivity contribution in [3.8, 4) is 5.75 Å². The number of nitrogens with one attached hydrogen (secondary N) is 2. The Morgan fingerprint density at radius 3 is 2.73 bits per heavy atom. The molecule has 2 N–H and O–H groups in total. The van der Waals surface area contributed by atoms with Gasteiger partial charge in [0.1, 0.15) is 23.4 Å². The zero-order valence-corrected chi connectivity index (χ0v) is 17.9. The lowest BCUT2D eigenvalue weighted by Gasteiger charge is -2.12. The van der Waals surface area contributed by atoms with E-state index in [1.165, 1.54) is 0 Å². The van der Waals surface area contributed by atoms with E-state index in [-0.39, 0.29) is 11.0 Å². The summed E-state index contributed by atoms with van der Waals surface area (Å²) in [4.78, 5) is 12.6. The molecule has 4 aromatic rings. The molecule has 0 bridgehead atoms. The molecule has 0 saturated heterocycles. The third kappa shape index (κ3) is 4.73. The fourth-order valence-electron chi connectivity index (χ4n) is 2.73. The Bertz CT molecular complexity index is 1210. The highest BCUT2D eigenvalue weighted by molar-refractivity contribution is 7.80. The number of carbonyl (C=O) groups excluding carboxylic acids is 1. The van der Waals surface area contributed by atoms with Crippen molar-refractivity contribution < 1.29 is 9.53 Å². The van der Waals surface area contributed by atoms with E-state index in [1.807, 2.05) is 30.3 Å². The maximum Gasteiger partial charge on any atom is 0.257 e. The molecule has 150 valence electrons. The predicted octanol–water partition coefficient (Wildman–Crippen LogP) is 5.05. The van der Waals surface area contributed by atoms with E-state index in [4.69, 9.17) is 28.6 Å². The van der Waals surface area contributed by atoms with Crippen molar-refractivity contribution in [2.45, 2.75) is 6.61 Å². The Morgan fingerprint density at radius 2 is 1.90 bits per heavy atom. The van der Waals surface area contributed by atoms with Gasteiger partial charge in [-0.25, -0.2) is 0 Å². The van der Waals surface area contributed by atoms with Gasteiger partial charge in [-0.15, -0.1) is 0 Å². The van der Waals surface area contributed by atoms with E-state index in [0.29, 0.717) is 39.7 Å². The lowest BCUT2D eigenvalue weighted by molar-refractivity contribution is 0.0977. The number of rotatable bonds is 5. The molecule has 1 aromatic heterocycles. The Morgan fingerprint density at radius 1 is 1.07 bits per heavy atom. The highest BCUT2D eigenvalue weighted by Crippen LogP contribution is 2.29. The number of ether oxygens (including phenoxy) is 1. The first kappa shape index (κ1) is 20.2. The first-order valence-electron chi connectivity index (χ1n) is 8.90. The number of amides is 1. The molecule has 0 aliphatic rings. The van der Waals surface area contributed by atoms with Crippen molar-refractivity contribution in [1.29, 1.82) is 0 Å². The highest BCUT2D eigenvalue weighted by atomic mass is 35.5. The number of carbonyl (C=O) groups is 1. The van der Waals surface area contributed by atoms with Crippen molar-refractivity contribution in [3.63, 3.8) is 0 Å². The van der Waals surface area contributed by atoms with Gasteiger partial charge in [0.15, 0.2) is 5.11 Å². The minimum absolute atomic E-state index is 0.109. The Labute approximate surface area is 187 Å². The Hall–Kier alpha value is -3.07. The molecule has 6 nitrogen and oxygen atoms in total. The minimum atomic E-state index is -0.364. The van der Waals surface area contributed by atoms with Crippen LogP contribution in [0, 0.1) is 0 Å². The first-order chi connectivity index (χ1) is 14.6. The minimum Gasteiger partial charge on any atom is -0.489 e. The molecule has 0 aliphatic carbocycles. The maximum absolute atomic E-state index is 12.6. The summed E-state index contributed by atoms with van der Waals surface area (Å²) in [6, 6.07) is 20.2. The average Bonchev–Trinajstić information content (AvgIpc) is 3.24. The summed E-state index contributed by atoms with van der Waals surface area (Å²) >= 11 is 12.6. The predicted molar refractivity (Wildman–Crippen MR) is 123 cm³/mol. The molecule has 0 atom stereocenters. The maximum atomic E-state index is 12.6. The third-order valence-electron chi connectivity index (χ3n) is 4.19. The van der Waals surface area contributed by atoms with Gasteiger partial charge in [0, 0.05) is 5.56 Å². The topological polar surface area (TPSA) is 76.1 Å². The van der Waals surface area contributed by atoms with Gasteiger partial charge in [0.2, 0.25) is 0 Å². The Kier molecular flexibility index (Phi) is 6.18. The molecule has 1 amide bonds. The molecule has 4 rings (SSSR count). The lowest BCUT2D eigenvalue weighted by Crippen LogP contribution is -2.34. The molecule has 1 heterocycles. The molecule has 9 heteroatoms. The molecule has 30 heavy (non-hydrogen) atoms. The summed E-state index contributed by atoms with van der Waals surface area (Å²) in [5.74, 6) is 0.226. The number of benzene rings is 3. The monoisotopic (exact) mass is 454 g/mol. The van der Waals surface area contributed by atoms with Gasteiger partial charge in [-0.2, -0.15) is 8.75 Å². The summed E-state index contributed by atoms with van der Waals surface area (Å²) in [7, 11) is 0. The molecule has 3 aromatic carbocycles. The summed E-state index contributed by atoms with van der Waals surface area (Å²) in [5, 5.41) is 6.14. The molecule has 0 unspecified atom stereocenters. The molecule has 0 spiro atoms. The van der Waals surface area contributed by atoms with Crippen LogP contribution in [0.2, 0.25) is 5.02 Å². The van der Waals surface area contributed by atoms with Crippen LogP contribution < -0.4 is 15.4 Å².